The molecule has 1 N–H and O–H groups in total. The Kier molecular flexibility index (Phi) is 2.46. The molecule has 0 fully saturated rings. The quantitative estimate of drug-likeness (QED) is 0.742. The minimum absolute atomic E-state index is 0.299. The molecule has 0 unspecified atom stereocenters. The van der Waals surface area contributed by atoms with Crippen LogP contribution in [0, 0.1) is 19.9 Å². The van der Waals surface area contributed by atoms with Gasteiger partial charge in [0.05, 0.1) is 0 Å². The molecule has 1 radical (unpaired) electrons. The largest absolute Gasteiger partial charge is 0.508 e. The van der Waals surface area contributed by atoms with Gasteiger partial charge in [0.2, 0.25) is 0 Å². The van der Waals surface area contributed by atoms with Gasteiger partial charge >= 0.3 is 0 Å². The molecule has 0 bridgehead atoms. The average molecular weight is 197 g/mol. The molecule has 0 saturated heterocycles. The predicted molar refractivity (Wildman–Crippen MR) is 61.9 cm³/mol. The van der Waals surface area contributed by atoms with E-state index in [-0.39, 0.29) is 0 Å². The first-order valence-electron chi connectivity index (χ1n) is 4.96. The summed E-state index contributed by atoms with van der Waals surface area (Å²) < 4.78 is 0. The molecule has 0 heterocycles. The van der Waals surface area contributed by atoms with Gasteiger partial charge in [-0.2, -0.15) is 0 Å². The molecule has 1 nitrogen and oxygen atoms in total. The van der Waals surface area contributed by atoms with Crippen LogP contribution in [-0.4, -0.2) is 5.11 Å². The van der Waals surface area contributed by atoms with E-state index in [0.717, 1.165) is 22.3 Å². The van der Waals surface area contributed by atoms with E-state index in [4.69, 9.17) is 0 Å². The Morgan fingerprint density at radius 2 is 1.87 bits per heavy atom. The van der Waals surface area contributed by atoms with Crippen LogP contribution >= 0.6 is 0 Å². The lowest BCUT2D eigenvalue weighted by atomic mass is 9.99. The second kappa shape index (κ2) is 3.77. The van der Waals surface area contributed by atoms with Crippen LogP contribution in [0.4, 0.5) is 0 Å². The van der Waals surface area contributed by atoms with Gasteiger partial charge in [-0.25, -0.2) is 0 Å². The molecule has 0 atom stereocenters. The lowest BCUT2D eigenvalue weighted by Crippen LogP contribution is -1.84. The Hall–Kier alpha value is -1.76. The Morgan fingerprint density at radius 1 is 1.07 bits per heavy atom. The molecular weight excluding hydrogens is 184 g/mol. The fourth-order valence-electron chi connectivity index (χ4n) is 1.72. The van der Waals surface area contributed by atoms with Crippen LogP contribution in [0.5, 0.6) is 5.75 Å². The van der Waals surface area contributed by atoms with Crippen molar-refractivity contribution in [2.75, 3.05) is 0 Å². The second-order valence-electron chi connectivity index (χ2n) is 3.73. The molecule has 0 aliphatic carbocycles. The molecule has 75 valence electrons. The summed E-state index contributed by atoms with van der Waals surface area (Å²) in [6.07, 6.45) is 0. The van der Waals surface area contributed by atoms with Gasteiger partial charge in [0.1, 0.15) is 5.75 Å². The maximum absolute atomic E-state index is 9.41. The van der Waals surface area contributed by atoms with Crippen LogP contribution in [0.3, 0.4) is 0 Å². The summed E-state index contributed by atoms with van der Waals surface area (Å²) in [7, 11) is 0. The van der Waals surface area contributed by atoms with Crippen molar-refractivity contribution in [1.82, 2.24) is 0 Å². The zero-order valence-electron chi connectivity index (χ0n) is 8.91. The highest BCUT2D eigenvalue weighted by Gasteiger charge is 2.02. The van der Waals surface area contributed by atoms with Crippen LogP contribution in [0.1, 0.15) is 11.1 Å². The summed E-state index contributed by atoms with van der Waals surface area (Å²) in [5.74, 6) is 0.299. The first kappa shape index (κ1) is 9.78. The van der Waals surface area contributed by atoms with Gasteiger partial charge in [-0.15, -0.1) is 0 Å². The van der Waals surface area contributed by atoms with E-state index in [1.165, 1.54) is 0 Å². The number of hydrogen-bond acceptors (Lipinski definition) is 1. The first-order valence-corrected chi connectivity index (χ1v) is 4.96. The van der Waals surface area contributed by atoms with Crippen molar-refractivity contribution in [2.45, 2.75) is 13.8 Å². The van der Waals surface area contributed by atoms with E-state index in [0.29, 0.717) is 5.75 Å². The van der Waals surface area contributed by atoms with Crippen LogP contribution in [0.15, 0.2) is 36.4 Å². The van der Waals surface area contributed by atoms with Crippen molar-refractivity contribution >= 4 is 0 Å². The third kappa shape index (κ3) is 2.01. The van der Waals surface area contributed by atoms with Crippen molar-refractivity contribution < 1.29 is 5.11 Å². The number of phenols is 1. The van der Waals surface area contributed by atoms with Gasteiger partial charge in [0.15, 0.2) is 0 Å². The molecule has 0 amide bonds. The monoisotopic (exact) mass is 197 g/mol. The maximum atomic E-state index is 9.41. The highest BCUT2D eigenvalue weighted by molar-refractivity contribution is 5.68. The third-order valence-corrected chi connectivity index (χ3v) is 2.45. The van der Waals surface area contributed by atoms with E-state index in [2.05, 4.69) is 12.1 Å². The Morgan fingerprint density at radius 3 is 2.53 bits per heavy atom. The molecule has 2 aromatic rings. The van der Waals surface area contributed by atoms with E-state index >= 15 is 0 Å². The standard InChI is InChI=1S/C14H13O/c1-10-6-7-14(11(2)8-10)12-4-3-5-13(15)9-12/h3-7,9,15H,1-2H3. The number of aromatic hydroxyl groups is 1. The van der Waals surface area contributed by atoms with E-state index < -0.39 is 0 Å². The first-order chi connectivity index (χ1) is 7.16. The summed E-state index contributed by atoms with van der Waals surface area (Å²) in [5, 5.41) is 9.41. The van der Waals surface area contributed by atoms with E-state index in [1.54, 1.807) is 12.1 Å². The summed E-state index contributed by atoms with van der Waals surface area (Å²) in [5.41, 5.74) is 4.40. The minimum atomic E-state index is 0.299. The maximum Gasteiger partial charge on any atom is 0.116 e. The summed E-state index contributed by atoms with van der Waals surface area (Å²) >= 11 is 0. The minimum Gasteiger partial charge on any atom is -0.508 e. The number of rotatable bonds is 1. The number of hydrogen-bond donors (Lipinski definition) is 1. The molecule has 0 spiro atoms. The SMILES string of the molecule is Cc1[c]c(C)c(-c2cccc(O)c2)cc1. The van der Waals surface area contributed by atoms with Gasteiger partial charge in [0.25, 0.3) is 0 Å². The zero-order valence-corrected chi connectivity index (χ0v) is 8.91. The lowest BCUT2D eigenvalue weighted by Gasteiger charge is -2.06. The van der Waals surface area contributed by atoms with Crippen LogP contribution < -0.4 is 0 Å². The number of phenolic OH excluding ortho intramolecular Hbond substituents is 1. The van der Waals surface area contributed by atoms with Crippen molar-refractivity contribution in [2.24, 2.45) is 0 Å². The fraction of sp³-hybridized carbons (Fsp3) is 0.143. The highest BCUT2D eigenvalue weighted by Crippen LogP contribution is 2.26. The summed E-state index contributed by atoms with van der Waals surface area (Å²) in [4.78, 5) is 0. The lowest BCUT2D eigenvalue weighted by molar-refractivity contribution is 0.475. The molecule has 0 aromatic heterocycles. The smallest absolute Gasteiger partial charge is 0.116 e. The fourth-order valence-corrected chi connectivity index (χ4v) is 1.72. The molecule has 2 rings (SSSR count). The van der Waals surface area contributed by atoms with Gasteiger partial charge < -0.3 is 5.11 Å². The molecular formula is C14H13O. The van der Waals surface area contributed by atoms with Crippen LogP contribution in [0.25, 0.3) is 11.1 Å². The zero-order chi connectivity index (χ0) is 10.8. The van der Waals surface area contributed by atoms with Gasteiger partial charge in [-0.1, -0.05) is 24.3 Å². The molecule has 0 aliphatic rings. The van der Waals surface area contributed by atoms with Crippen LogP contribution in [0.2, 0.25) is 0 Å². The van der Waals surface area contributed by atoms with Gasteiger partial charge in [0, 0.05) is 0 Å². The second-order valence-corrected chi connectivity index (χ2v) is 3.73. The van der Waals surface area contributed by atoms with Gasteiger partial charge in [-0.3, -0.25) is 0 Å². The van der Waals surface area contributed by atoms with Crippen molar-refractivity contribution in [3.63, 3.8) is 0 Å². The molecule has 0 saturated carbocycles. The van der Waals surface area contributed by atoms with Crippen LogP contribution in [-0.2, 0) is 0 Å². The molecule has 1 heteroatoms. The third-order valence-electron chi connectivity index (χ3n) is 2.45. The molecule has 15 heavy (non-hydrogen) atoms. The molecule has 0 aliphatic heterocycles. The highest BCUT2D eigenvalue weighted by atomic mass is 16.3. The number of aryl methyl sites for hydroxylation is 2. The average Bonchev–Trinajstić information content (AvgIpc) is 2.17. The Labute approximate surface area is 90.0 Å². The van der Waals surface area contributed by atoms with Gasteiger partial charge in [-0.05, 0) is 54.3 Å². The Bertz CT molecular complexity index is 486. The molecule has 2 aromatic carbocycles. The van der Waals surface area contributed by atoms with Crippen molar-refractivity contribution in [1.29, 1.82) is 0 Å². The normalized spacial score (nSPS) is 10.3. The summed E-state index contributed by atoms with van der Waals surface area (Å²) in [6, 6.07) is 14.7. The Balaban J connectivity index is 2.54. The van der Waals surface area contributed by atoms with Crippen molar-refractivity contribution in [3.05, 3.63) is 53.6 Å². The summed E-state index contributed by atoms with van der Waals surface area (Å²) in [6.45, 7) is 4.06. The number of benzene rings is 2. The predicted octanol–water partition coefficient (Wildman–Crippen LogP) is 3.48. The topological polar surface area (TPSA) is 20.2 Å². The van der Waals surface area contributed by atoms with E-state index in [1.807, 2.05) is 32.0 Å². The van der Waals surface area contributed by atoms with E-state index in [9.17, 15) is 5.11 Å². The van der Waals surface area contributed by atoms with Crippen molar-refractivity contribution in [3.8, 4) is 16.9 Å².